The van der Waals surface area contributed by atoms with Crippen LogP contribution in [0.2, 0.25) is 0 Å². The second-order valence-electron chi connectivity index (χ2n) is 6.78. The minimum Gasteiger partial charge on any atom is -0.506 e. The van der Waals surface area contributed by atoms with Gasteiger partial charge in [-0.1, -0.05) is 0 Å². The molecule has 3 rings (SSSR count). The fourth-order valence-electron chi connectivity index (χ4n) is 2.71. The molecule has 5 heteroatoms. The third kappa shape index (κ3) is 2.46. The lowest BCUT2D eigenvalue weighted by atomic mass is 9.92. The van der Waals surface area contributed by atoms with E-state index in [1.165, 1.54) is 7.11 Å². The number of rotatable bonds is 1. The molecular weight excluding hydrogens is 296 g/mol. The van der Waals surface area contributed by atoms with Gasteiger partial charge in [-0.25, -0.2) is 4.79 Å². The standard InChI is InChI=1S/C18H20O5/c1-17(2)8-6-10-13(19)12(16(20)21-5)15-11(14(10)22-17)7-9-18(3,4)23-15/h6-9,19H,1-5H3. The van der Waals surface area contributed by atoms with Crippen LogP contribution in [0, 0.1) is 0 Å². The largest absolute Gasteiger partial charge is 0.506 e. The van der Waals surface area contributed by atoms with Gasteiger partial charge in [0.05, 0.1) is 18.2 Å². The maximum atomic E-state index is 12.2. The average molecular weight is 316 g/mol. The number of esters is 1. The van der Waals surface area contributed by atoms with Crippen molar-refractivity contribution in [1.29, 1.82) is 0 Å². The highest BCUT2D eigenvalue weighted by atomic mass is 16.5. The molecule has 1 N–H and O–H groups in total. The van der Waals surface area contributed by atoms with Crippen LogP contribution in [0.1, 0.15) is 49.2 Å². The topological polar surface area (TPSA) is 65.0 Å². The van der Waals surface area contributed by atoms with Crippen LogP contribution in [0.4, 0.5) is 0 Å². The van der Waals surface area contributed by atoms with E-state index in [1.807, 2.05) is 45.9 Å². The van der Waals surface area contributed by atoms with Crippen molar-refractivity contribution in [3.63, 3.8) is 0 Å². The Morgan fingerprint density at radius 3 is 2.09 bits per heavy atom. The Balaban J connectivity index is 2.34. The fourth-order valence-corrected chi connectivity index (χ4v) is 2.71. The summed E-state index contributed by atoms with van der Waals surface area (Å²) in [6, 6.07) is 0. The molecule has 2 aliphatic heterocycles. The van der Waals surface area contributed by atoms with Gasteiger partial charge in [0.15, 0.2) is 0 Å². The van der Waals surface area contributed by atoms with Crippen molar-refractivity contribution >= 4 is 18.1 Å². The molecule has 0 atom stereocenters. The molecule has 0 spiro atoms. The maximum Gasteiger partial charge on any atom is 0.345 e. The zero-order chi connectivity index (χ0) is 17.0. The van der Waals surface area contributed by atoms with Gasteiger partial charge in [0.1, 0.15) is 34.0 Å². The second-order valence-corrected chi connectivity index (χ2v) is 6.78. The van der Waals surface area contributed by atoms with Crippen molar-refractivity contribution in [2.24, 2.45) is 0 Å². The number of carbonyl (C=O) groups is 1. The van der Waals surface area contributed by atoms with Crippen LogP contribution in [-0.2, 0) is 4.74 Å². The van der Waals surface area contributed by atoms with E-state index in [-0.39, 0.29) is 17.1 Å². The van der Waals surface area contributed by atoms with E-state index in [0.717, 1.165) is 0 Å². The lowest BCUT2D eigenvalue weighted by Gasteiger charge is -2.34. The van der Waals surface area contributed by atoms with Crippen molar-refractivity contribution in [2.45, 2.75) is 38.9 Å². The zero-order valence-electron chi connectivity index (χ0n) is 13.9. The lowest BCUT2D eigenvalue weighted by Crippen LogP contribution is -2.31. The van der Waals surface area contributed by atoms with Crippen LogP contribution in [-0.4, -0.2) is 29.4 Å². The molecular formula is C18H20O5. The number of fused-ring (bicyclic) bond motifs is 3. The van der Waals surface area contributed by atoms with Gasteiger partial charge in [-0.15, -0.1) is 0 Å². The van der Waals surface area contributed by atoms with Crippen LogP contribution in [0.15, 0.2) is 12.2 Å². The van der Waals surface area contributed by atoms with E-state index in [2.05, 4.69) is 0 Å². The summed E-state index contributed by atoms with van der Waals surface area (Å²) in [7, 11) is 1.27. The SMILES string of the molecule is COC(=O)c1c(O)c2c(c3c1OC(C)(C)C=C3)OC(C)(C)C=C2. The van der Waals surface area contributed by atoms with Crippen LogP contribution >= 0.6 is 0 Å². The Morgan fingerprint density at radius 1 is 1.00 bits per heavy atom. The fraction of sp³-hybridized carbons (Fsp3) is 0.389. The monoisotopic (exact) mass is 316 g/mol. The molecule has 122 valence electrons. The Morgan fingerprint density at radius 2 is 1.52 bits per heavy atom. The molecule has 0 aliphatic carbocycles. The molecule has 0 saturated heterocycles. The molecule has 0 fully saturated rings. The van der Waals surface area contributed by atoms with E-state index >= 15 is 0 Å². The highest BCUT2D eigenvalue weighted by Crippen LogP contribution is 2.50. The molecule has 5 nitrogen and oxygen atoms in total. The third-order valence-corrected chi connectivity index (χ3v) is 3.88. The van der Waals surface area contributed by atoms with Crippen LogP contribution in [0.25, 0.3) is 12.2 Å². The summed E-state index contributed by atoms with van der Waals surface area (Å²) in [4.78, 5) is 12.2. The summed E-state index contributed by atoms with van der Waals surface area (Å²) < 4.78 is 16.8. The molecule has 2 heterocycles. The van der Waals surface area contributed by atoms with E-state index in [4.69, 9.17) is 14.2 Å². The maximum absolute atomic E-state index is 12.2. The number of benzene rings is 1. The van der Waals surface area contributed by atoms with Crippen LogP contribution in [0.5, 0.6) is 17.2 Å². The van der Waals surface area contributed by atoms with Crippen molar-refractivity contribution < 1.29 is 24.1 Å². The number of phenols is 1. The first kappa shape index (κ1) is 15.5. The second kappa shape index (κ2) is 4.78. The Bertz CT molecular complexity index is 753. The summed E-state index contributed by atoms with van der Waals surface area (Å²) in [5.74, 6) is -0.0505. The Labute approximate surface area is 135 Å². The summed E-state index contributed by atoms with van der Waals surface area (Å²) in [5, 5.41) is 10.6. The lowest BCUT2D eigenvalue weighted by molar-refractivity contribution is 0.0584. The van der Waals surface area contributed by atoms with Crippen molar-refractivity contribution in [1.82, 2.24) is 0 Å². The molecule has 0 saturated carbocycles. The molecule has 0 aromatic heterocycles. The van der Waals surface area contributed by atoms with Gasteiger partial charge in [0, 0.05) is 0 Å². The number of ether oxygens (including phenoxy) is 3. The van der Waals surface area contributed by atoms with Crippen molar-refractivity contribution in [3.05, 3.63) is 28.8 Å². The number of carbonyl (C=O) groups excluding carboxylic acids is 1. The quantitative estimate of drug-likeness (QED) is 0.803. The highest BCUT2D eigenvalue weighted by Gasteiger charge is 2.36. The van der Waals surface area contributed by atoms with E-state index in [9.17, 15) is 9.90 Å². The van der Waals surface area contributed by atoms with Gasteiger partial charge in [0.2, 0.25) is 0 Å². The number of methoxy groups -OCH3 is 1. The summed E-state index contributed by atoms with van der Waals surface area (Å²) in [6.45, 7) is 7.58. The number of aromatic hydroxyl groups is 1. The third-order valence-electron chi connectivity index (χ3n) is 3.88. The molecule has 1 aromatic carbocycles. The van der Waals surface area contributed by atoms with Crippen LogP contribution < -0.4 is 9.47 Å². The summed E-state index contributed by atoms with van der Waals surface area (Å²) in [6.07, 6.45) is 7.34. The molecule has 0 radical (unpaired) electrons. The van der Waals surface area contributed by atoms with Gasteiger partial charge >= 0.3 is 5.97 Å². The van der Waals surface area contributed by atoms with Gasteiger partial charge in [0.25, 0.3) is 0 Å². The first-order valence-corrected chi connectivity index (χ1v) is 7.43. The zero-order valence-corrected chi connectivity index (χ0v) is 13.9. The number of hydrogen-bond donors (Lipinski definition) is 1. The van der Waals surface area contributed by atoms with Gasteiger partial charge in [-0.3, -0.25) is 0 Å². The smallest absolute Gasteiger partial charge is 0.345 e. The molecule has 1 aromatic rings. The Kier molecular flexibility index (Phi) is 3.21. The van der Waals surface area contributed by atoms with Crippen LogP contribution in [0.3, 0.4) is 0 Å². The molecule has 23 heavy (non-hydrogen) atoms. The molecule has 0 unspecified atom stereocenters. The summed E-state index contributed by atoms with van der Waals surface area (Å²) in [5.41, 5.74) is -0.00455. The molecule has 0 amide bonds. The van der Waals surface area contributed by atoms with E-state index in [0.29, 0.717) is 16.9 Å². The first-order chi connectivity index (χ1) is 10.7. The minimum absolute atomic E-state index is 0.0200. The minimum atomic E-state index is -0.647. The average Bonchev–Trinajstić information content (AvgIpc) is 2.44. The van der Waals surface area contributed by atoms with Crippen molar-refractivity contribution in [2.75, 3.05) is 7.11 Å². The molecule has 2 aliphatic rings. The van der Waals surface area contributed by atoms with Gasteiger partial charge in [-0.2, -0.15) is 0 Å². The number of hydrogen-bond acceptors (Lipinski definition) is 5. The van der Waals surface area contributed by atoms with Gasteiger partial charge in [-0.05, 0) is 52.0 Å². The predicted octanol–water partition coefficient (Wildman–Crippen LogP) is 3.55. The van der Waals surface area contributed by atoms with E-state index in [1.54, 1.807) is 6.08 Å². The summed E-state index contributed by atoms with van der Waals surface area (Å²) >= 11 is 0. The Hall–Kier alpha value is -2.43. The first-order valence-electron chi connectivity index (χ1n) is 7.43. The number of phenolic OH excluding ortho intramolecular Hbond substituents is 1. The highest BCUT2D eigenvalue weighted by molar-refractivity contribution is 6.00. The predicted molar refractivity (Wildman–Crippen MR) is 86.9 cm³/mol. The van der Waals surface area contributed by atoms with Gasteiger partial charge < -0.3 is 19.3 Å². The molecule has 0 bridgehead atoms. The van der Waals surface area contributed by atoms with E-state index < -0.39 is 17.2 Å². The van der Waals surface area contributed by atoms with Crippen molar-refractivity contribution in [3.8, 4) is 17.2 Å². The normalized spacial score (nSPS) is 19.2.